The minimum Gasteiger partial charge on any atom is -0.505 e. The van der Waals surface area contributed by atoms with Crippen LogP contribution in [0, 0.1) is 11.0 Å². The van der Waals surface area contributed by atoms with Gasteiger partial charge >= 0.3 is 0 Å². The van der Waals surface area contributed by atoms with Gasteiger partial charge in [-0.05, 0) is 46.5 Å². The lowest BCUT2D eigenvalue weighted by atomic mass is 9.78. The molecule has 0 bridgehead atoms. The van der Waals surface area contributed by atoms with Gasteiger partial charge in [0.25, 0.3) is 20.2 Å². The van der Waals surface area contributed by atoms with E-state index in [-0.39, 0.29) is 76.0 Å². The van der Waals surface area contributed by atoms with Crippen LogP contribution in [0.1, 0.15) is 46.2 Å². The molecule has 2 atom stereocenters. The maximum absolute atomic E-state index is 13.4. The van der Waals surface area contributed by atoms with E-state index in [0.717, 1.165) is 0 Å². The van der Waals surface area contributed by atoms with E-state index < -0.39 is 54.1 Å². The van der Waals surface area contributed by atoms with Crippen molar-refractivity contribution >= 4 is 78.2 Å². The number of fused-ring (bicyclic) bond motifs is 2. The molecule has 0 spiro atoms. The Morgan fingerprint density at radius 1 is 0.620 bits per heavy atom. The number of rotatable bonds is 7. The van der Waals surface area contributed by atoms with E-state index in [0.29, 0.717) is 0 Å². The van der Waals surface area contributed by atoms with Gasteiger partial charge in [0.05, 0.1) is 0 Å². The van der Waals surface area contributed by atoms with Gasteiger partial charge in [-0.25, -0.2) is 11.0 Å². The van der Waals surface area contributed by atoms with E-state index in [9.17, 15) is 36.2 Å². The molecule has 50 heavy (non-hydrogen) atoms. The Morgan fingerprint density at radius 3 is 1.24 bits per heavy atom. The van der Waals surface area contributed by atoms with Crippen LogP contribution in [-0.4, -0.2) is 36.2 Å². The van der Waals surface area contributed by atoms with Gasteiger partial charge in [-0.2, -0.15) is 27.1 Å². The smallest absolute Gasteiger partial charge is 0.279 e. The topological polar surface area (TPSA) is 222 Å². The van der Waals surface area contributed by atoms with Crippen molar-refractivity contribution in [2.75, 3.05) is 0 Å². The molecular formula is C32H22Cl4N4O8S2. The Bertz CT molecular complexity index is 2330. The quantitative estimate of drug-likeness (QED) is 0.0779. The third kappa shape index (κ3) is 5.16. The number of aliphatic hydroxyl groups is 2. The van der Waals surface area contributed by atoms with Crippen LogP contribution in [0.5, 0.6) is 0 Å². The van der Waals surface area contributed by atoms with Crippen LogP contribution in [0.25, 0.3) is 22.6 Å². The summed E-state index contributed by atoms with van der Waals surface area (Å²) in [7, 11) is -10.4. The fourth-order valence-electron chi connectivity index (χ4n) is 6.80. The fraction of sp³-hybridized carbons (Fsp3) is 0.125. The first kappa shape index (κ1) is 33.3. The number of benzene rings is 4. The molecule has 4 aromatic rings. The van der Waals surface area contributed by atoms with Crippen molar-refractivity contribution in [2.24, 2.45) is 10.2 Å². The molecule has 0 aromatic heterocycles. The number of aliphatic hydroxyl groups excluding tert-OH is 2. The van der Waals surface area contributed by atoms with Crippen LogP contribution in [0.2, 0.25) is 22.9 Å². The summed E-state index contributed by atoms with van der Waals surface area (Å²) in [5.41, 5.74) is 4.74. The maximum atomic E-state index is 13.4. The summed E-state index contributed by atoms with van der Waals surface area (Å²) >= 11 is 27.2. The molecule has 0 aliphatic heterocycles. The molecule has 258 valence electrons. The van der Waals surface area contributed by atoms with E-state index in [1.807, 2.05) is 0 Å². The molecule has 18 heteroatoms. The molecule has 2 aliphatic carbocycles. The fourth-order valence-corrected chi connectivity index (χ4v) is 11.2. The van der Waals surface area contributed by atoms with Crippen molar-refractivity contribution in [1.29, 1.82) is 11.0 Å². The molecule has 0 saturated heterocycles. The molecule has 6 rings (SSSR count). The first-order valence-electron chi connectivity index (χ1n) is 15.0. The van der Waals surface area contributed by atoms with Gasteiger partial charge in [0.2, 0.25) is 2.82 Å². The van der Waals surface area contributed by atoms with Crippen LogP contribution in [0.3, 0.4) is 0 Å². The van der Waals surface area contributed by atoms with Crippen molar-refractivity contribution in [1.82, 2.24) is 0 Å². The average molecular weight is 796 g/mol. The number of nitrogens with zero attached hydrogens (tertiary/aromatic N) is 2. The van der Waals surface area contributed by atoms with E-state index in [1.165, 1.54) is 72.8 Å². The summed E-state index contributed by atoms with van der Waals surface area (Å²) in [6.45, 7) is 0. The molecule has 0 radical (unpaired) electrons. The predicted molar refractivity (Wildman–Crippen MR) is 188 cm³/mol. The first-order chi connectivity index (χ1) is 24.4. The summed E-state index contributed by atoms with van der Waals surface area (Å²) in [5.74, 6) is -0.939. The van der Waals surface area contributed by atoms with Gasteiger partial charge in [-0.1, -0.05) is 94.9 Å². The number of halogens is 4. The van der Waals surface area contributed by atoms with Gasteiger partial charge in [0, 0.05) is 55.2 Å². The second kappa shape index (κ2) is 12.4. The maximum Gasteiger partial charge on any atom is 0.279 e. The predicted octanol–water partition coefficient (Wildman–Crippen LogP) is 9.55. The molecule has 6 N–H and O–H groups in total. The highest BCUT2D eigenvalue weighted by atomic mass is 35.5. The van der Waals surface area contributed by atoms with Crippen LogP contribution in [0.15, 0.2) is 94.4 Å². The van der Waals surface area contributed by atoms with Crippen molar-refractivity contribution in [2.45, 2.75) is 22.3 Å². The number of hydrogen-bond acceptors (Lipinski definition) is 10. The standard InChI is InChI=1S/C32H22Cl4N4O8S2/c33-21-9-15(10-22(34)27(21)31(49(43,44)45)13-25(39-37)29(41)17-5-1-3-7-19(17)31)16-11-23(35)28(24(36)12-16)32(50(46,47)48)14-26(40-38)30(42)18-6-2-4-8-20(18)32/h1-12,37-38,41-42H,13-14H2,(H,43,44,45)(H,46,47,48)/b39-37+,40-38+. The largest absolute Gasteiger partial charge is 0.505 e. The highest BCUT2D eigenvalue weighted by molar-refractivity contribution is 7.87. The minimum atomic E-state index is -5.19. The zero-order valence-corrected chi connectivity index (χ0v) is 29.5. The van der Waals surface area contributed by atoms with Gasteiger partial charge in [-0.3, -0.25) is 9.11 Å². The summed E-state index contributed by atoms with van der Waals surface area (Å²) in [4.78, 5) is 0. The molecule has 4 aromatic carbocycles. The van der Waals surface area contributed by atoms with Gasteiger partial charge in [0.15, 0.2) is 9.49 Å². The highest BCUT2D eigenvalue weighted by Gasteiger charge is 2.55. The normalized spacial score (nSPS) is 21.7. The average Bonchev–Trinajstić information content (AvgIpc) is 3.07. The highest BCUT2D eigenvalue weighted by Crippen LogP contribution is 2.56. The molecule has 0 amide bonds. The molecule has 0 heterocycles. The minimum absolute atomic E-state index is 0.0355. The Labute approximate surface area is 308 Å². The SMILES string of the molecule is [H]/N=N/C1=C(O)c2ccccc2C(c2c(Cl)cc(-c3cc(Cl)c(C4(S(=O)(=O)O)CC(/N=N/[H])=C(O)c5ccccc54)c(Cl)c3)cc2Cl)(S(=O)(=O)O)C1. The van der Waals surface area contributed by atoms with Crippen LogP contribution in [-0.2, 0) is 29.7 Å². The van der Waals surface area contributed by atoms with Crippen LogP contribution < -0.4 is 0 Å². The van der Waals surface area contributed by atoms with Crippen LogP contribution >= 0.6 is 46.4 Å². The lowest BCUT2D eigenvalue weighted by Gasteiger charge is -2.37. The molecule has 2 unspecified atom stereocenters. The first-order valence-corrected chi connectivity index (χ1v) is 18.5. The lowest BCUT2D eigenvalue weighted by molar-refractivity contribution is 0.430. The number of allylic oxidation sites excluding steroid dienone is 2. The van der Waals surface area contributed by atoms with Gasteiger partial charge in [0.1, 0.15) is 22.9 Å². The zero-order valence-electron chi connectivity index (χ0n) is 26.9. The zero-order chi connectivity index (χ0) is 38.0. The molecule has 2 aliphatic rings. The summed E-state index contributed by atoms with van der Waals surface area (Å²) < 4.78 is 84.9. The van der Waals surface area contributed by atoms with E-state index in [4.69, 9.17) is 49.2 Å². The molecule has 12 nitrogen and oxygen atoms in total. The Kier molecular flexibility index (Phi) is 8.27. The van der Waals surface area contributed by atoms with Crippen molar-refractivity contribution < 1.29 is 39.0 Å². The number of nitrogens with one attached hydrogen (secondary N) is 2. The van der Waals surface area contributed by atoms with Crippen molar-refractivity contribution in [3.63, 3.8) is 0 Å². The van der Waals surface area contributed by atoms with Gasteiger partial charge in [-0.15, -0.1) is 0 Å². The lowest BCUT2D eigenvalue weighted by Crippen LogP contribution is -2.40. The van der Waals surface area contributed by atoms with E-state index in [1.54, 1.807) is 0 Å². The summed E-state index contributed by atoms with van der Waals surface area (Å²) in [6.07, 6.45) is -1.43. The van der Waals surface area contributed by atoms with Crippen molar-refractivity contribution in [3.8, 4) is 11.1 Å². The third-order valence-corrected chi connectivity index (χ3v) is 13.1. The molecule has 0 fully saturated rings. The monoisotopic (exact) mass is 794 g/mol. The molecular weight excluding hydrogens is 774 g/mol. The number of hydrogen-bond donors (Lipinski definition) is 6. The van der Waals surface area contributed by atoms with E-state index in [2.05, 4.69) is 21.3 Å². The second-order valence-electron chi connectivity index (χ2n) is 11.5. The molecule has 0 saturated carbocycles. The Morgan fingerprint density at radius 2 is 0.940 bits per heavy atom. The summed E-state index contributed by atoms with van der Waals surface area (Å²) in [6, 6.07) is 16.6. The third-order valence-electron chi connectivity index (χ3n) is 8.96. The second-order valence-corrected chi connectivity index (χ2v) is 16.4. The van der Waals surface area contributed by atoms with Gasteiger partial charge < -0.3 is 10.2 Å². The Balaban J connectivity index is 1.57. The van der Waals surface area contributed by atoms with Crippen molar-refractivity contribution in [3.05, 3.63) is 138 Å². The Hall–Kier alpha value is -3.86. The van der Waals surface area contributed by atoms with Crippen LogP contribution in [0.4, 0.5) is 0 Å². The summed E-state index contributed by atoms with van der Waals surface area (Å²) in [5, 5.41) is 27.8. The van der Waals surface area contributed by atoms with E-state index >= 15 is 0 Å².